The van der Waals surface area contributed by atoms with Crippen LogP contribution in [0.5, 0.6) is 5.75 Å². The zero-order chi connectivity index (χ0) is 14.5. The van der Waals surface area contributed by atoms with E-state index in [0.717, 1.165) is 6.54 Å². The van der Waals surface area contributed by atoms with Gasteiger partial charge in [-0.1, -0.05) is 26.0 Å². The molecule has 0 aliphatic carbocycles. The quantitative estimate of drug-likeness (QED) is 0.748. The third-order valence-electron chi connectivity index (χ3n) is 3.10. The summed E-state index contributed by atoms with van der Waals surface area (Å²) in [4.78, 5) is 0. The summed E-state index contributed by atoms with van der Waals surface area (Å²) < 4.78 is 19.0. The van der Waals surface area contributed by atoms with E-state index in [9.17, 15) is 9.50 Å². The highest BCUT2D eigenvalue weighted by Gasteiger charge is 2.27. The summed E-state index contributed by atoms with van der Waals surface area (Å²) in [5.74, 6) is 0.227. The smallest absolute Gasteiger partial charge is 0.171 e. The normalized spacial score (nSPS) is 14.5. The number of aliphatic hydroxyl groups is 1. The highest BCUT2D eigenvalue weighted by molar-refractivity contribution is 5.34. The minimum absolute atomic E-state index is 0.160. The van der Waals surface area contributed by atoms with Crippen molar-refractivity contribution < 1.29 is 14.2 Å². The van der Waals surface area contributed by atoms with Crippen molar-refractivity contribution in [2.75, 3.05) is 20.2 Å². The fourth-order valence-electron chi connectivity index (χ4n) is 1.94. The first-order chi connectivity index (χ1) is 8.88. The fraction of sp³-hybridized carbons (Fsp3) is 0.600. The average molecular weight is 269 g/mol. The first-order valence-corrected chi connectivity index (χ1v) is 6.64. The van der Waals surface area contributed by atoms with Crippen LogP contribution < -0.4 is 10.1 Å². The zero-order valence-electron chi connectivity index (χ0n) is 12.2. The molecule has 3 nitrogen and oxygen atoms in total. The summed E-state index contributed by atoms with van der Waals surface area (Å²) in [6.07, 6.45) is 0.448. The highest BCUT2D eigenvalue weighted by Crippen LogP contribution is 2.30. The fourth-order valence-corrected chi connectivity index (χ4v) is 1.94. The Kier molecular flexibility index (Phi) is 5.76. The van der Waals surface area contributed by atoms with Crippen molar-refractivity contribution >= 4 is 0 Å². The molecule has 2 N–H and O–H groups in total. The maximum absolute atomic E-state index is 14.1. The Morgan fingerprint density at radius 1 is 1.42 bits per heavy atom. The molecule has 1 aromatic rings. The van der Waals surface area contributed by atoms with Gasteiger partial charge in [-0.25, -0.2) is 4.39 Å². The number of nitrogens with one attached hydrogen (secondary N) is 1. The maximum Gasteiger partial charge on any atom is 0.171 e. The molecule has 0 amide bonds. The SMILES string of the molecule is COc1cccc(C(C)(O)CCNCC(C)C)c1F. The van der Waals surface area contributed by atoms with Gasteiger partial charge in [0.05, 0.1) is 12.7 Å². The van der Waals surface area contributed by atoms with Crippen LogP contribution in [-0.4, -0.2) is 25.3 Å². The molecule has 0 saturated carbocycles. The molecule has 0 heterocycles. The van der Waals surface area contributed by atoms with Crippen LogP contribution in [0.1, 0.15) is 32.8 Å². The molecule has 0 fully saturated rings. The van der Waals surface area contributed by atoms with Gasteiger partial charge < -0.3 is 15.2 Å². The van der Waals surface area contributed by atoms with E-state index in [1.807, 2.05) is 0 Å². The molecule has 0 aliphatic heterocycles. The van der Waals surface area contributed by atoms with Crippen LogP contribution in [0, 0.1) is 11.7 Å². The van der Waals surface area contributed by atoms with E-state index in [4.69, 9.17) is 4.74 Å². The van der Waals surface area contributed by atoms with Gasteiger partial charge in [0.15, 0.2) is 11.6 Å². The number of benzene rings is 1. The topological polar surface area (TPSA) is 41.5 Å². The van der Waals surface area contributed by atoms with Gasteiger partial charge in [0.1, 0.15) is 0 Å². The maximum atomic E-state index is 14.1. The Bertz CT molecular complexity index is 405. The van der Waals surface area contributed by atoms with Crippen LogP contribution in [0.25, 0.3) is 0 Å². The summed E-state index contributed by atoms with van der Waals surface area (Å²) in [5, 5.41) is 13.7. The van der Waals surface area contributed by atoms with Crippen molar-refractivity contribution in [3.63, 3.8) is 0 Å². The number of hydrogen-bond acceptors (Lipinski definition) is 3. The Hall–Kier alpha value is -1.13. The standard InChI is InChI=1S/C15H24FNO2/c1-11(2)10-17-9-8-15(3,18)12-6-5-7-13(19-4)14(12)16/h5-7,11,17-18H,8-10H2,1-4H3. The van der Waals surface area contributed by atoms with Crippen LogP contribution in [0.3, 0.4) is 0 Å². The monoisotopic (exact) mass is 269 g/mol. The van der Waals surface area contributed by atoms with E-state index >= 15 is 0 Å². The second-order valence-electron chi connectivity index (χ2n) is 5.44. The summed E-state index contributed by atoms with van der Waals surface area (Å²) in [6, 6.07) is 4.83. The van der Waals surface area contributed by atoms with Crippen LogP contribution in [0.15, 0.2) is 18.2 Å². The van der Waals surface area contributed by atoms with Crippen molar-refractivity contribution in [2.24, 2.45) is 5.92 Å². The number of methoxy groups -OCH3 is 1. The van der Waals surface area contributed by atoms with Crippen LogP contribution in [0.2, 0.25) is 0 Å². The summed E-state index contributed by atoms with van der Waals surface area (Å²) in [6.45, 7) is 7.39. The van der Waals surface area contributed by atoms with Crippen LogP contribution in [0.4, 0.5) is 4.39 Å². The van der Waals surface area contributed by atoms with Crippen LogP contribution >= 0.6 is 0 Å². The van der Waals surface area contributed by atoms with Gasteiger partial charge >= 0.3 is 0 Å². The molecule has 0 bridgehead atoms. The van der Waals surface area contributed by atoms with E-state index in [1.54, 1.807) is 25.1 Å². The molecule has 19 heavy (non-hydrogen) atoms. The summed E-state index contributed by atoms with van der Waals surface area (Å²) in [5.41, 5.74) is -0.930. The van der Waals surface area contributed by atoms with Crippen LogP contribution in [-0.2, 0) is 5.60 Å². The van der Waals surface area contributed by atoms with Gasteiger partial charge in [0.2, 0.25) is 0 Å². The molecule has 1 atom stereocenters. The Morgan fingerprint density at radius 3 is 2.68 bits per heavy atom. The molecule has 0 radical (unpaired) electrons. The number of rotatable bonds is 7. The molecule has 0 aliphatic rings. The van der Waals surface area contributed by atoms with Crippen molar-refractivity contribution in [1.29, 1.82) is 0 Å². The Balaban J connectivity index is 2.71. The van der Waals surface area contributed by atoms with Gasteiger partial charge in [-0.3, -0.25) is 0 Å². The molecule has 4 heteroatoms. The molecular weight excluding hydrogens is 245 g/mol. The molecule has 1 aromatic carbocycles. The van der Waals surface area contributed by atoms with E-state index in [0.29, 0.717) is 18.9 Å². The second kappa shape index (κ2) is 6.87. The zero-order valence-corrected chi connectivity index (χ0v) is 12.2. The first kappa shape index (κ1) is 15.9. The summed E-state index contributed by atoms with van der Waals surface area (Å²) in [7, 11) is 1.42. The lowest BCUT2D eigenvalue weighted by Crippen LogP contribution is -2.30. The van der Waals surface area contributed by atoms with Gasteiger partial charge in [-0.2, -0.15) is 0 Å². The molecule has 0 saturated heterocycles. The minimum Gasteiger partial charge on any atom is -0.494 e. The van der Waals surface area contributed by atoms with Crippen molar-refractivity contribution in [3.05, 3.63) is 29.6 Å². The van der Waals surface area contributed by atoms with Crippen molar-refractivity contribution in [1.82, 2.24) is 5.32 Å². The van der Waals surface area contributed by atoms with Gasteiger partial charge in [-0.15, -0.1) is 0 Å². The number of halogens is 1. The lowest BCUT2D eigenvalue weighted by atomic mass is 9.91. The minimum atomic E-state index is -1.21. The molecular formula is C15H24FNO2. The average Bonchev–Trinajstić information content (AvgIpc) is 2.34. The highest BCUT2D eigenvalue weighted by atomic mass is 19.1. The van der Waals surface area contributed by atoms with Crippen molar-refractivity contribution in [2.45, 2.75) is 32.8 Å². The first-order valence-electron chi connectivity index (χ1n) is 6.64. The predicted octanol–water partition coefficient (Wildman–Crippen LogP) is 2.68. The molecule has 1 rings (SSSR count). The van der Waals surface area contributed by atoms with Gasteiger partial charge in [0.25, 0.3) is 0 Å². The van der Waals surface area contributed by atoms with E-state index in [-0.39, 0.29) is 11.3 Å². The summed E-state index contributed by atoms with van der Waals surface area (Å²) >= 11 is 0. The third kappa shape index (κ3) is 4.48. The van der Waals surface area contributed by atoms with Crippen molar-refractivity contribution in [3.8, 4) is 5.75 Å². The molecule has 0 aromatic heterocycles. The molecule has 0 spiro atoms. The number of hydrogen-bond donors (Lipinski definition) is 2. The van der Waals surface area contributed by atoms with Gasteiger partial charge in [0, 0.05) is 5.56 Å². The Labute approximate surface area is 114 Å². The van der Waals surface area contributed by atoms with E-state index in [1.165, 1.54) is 7.11 Å². The van der Waals surface area contributed by atoms with E-state index < -0.39 is 11.4 Å². The number of ether oxygens (including phenoxy) is 1. The van der Waals surface area contributed by atoms with Gasteiger partial charge in [-0.05, 0) is 38.4 Å². The predicted molar refractivity (Wildman–Crippen MR) is 74.8 cm³/mol. The molecule has 108 valence electrons. The van der Waals surface area contributed by atoms with E-state index in [2.05, 4.69) is 19.2 Å². The largest absolute Gasteiger partial charge is 0.494 e. The second-order valence-corrected chi connectivity index (χ2v) is 5.44. The Morgan fingerprint density at radius 2 is 2.11 bits per heavy atom. The lowest BCUT2D eigenvalue weighted by molar-refractivity contribution is 0.0437. The lowest BCUT2D eigenvalue weighted by Gasteiger charge is -2.25. The third-order valence-corrected chi connectivity index (χ3v) is 3.10. The molecule has 1 unspecified atom stereocenters.